The van der Waals surface area contributed by atoms with Crippen molar-refractivity contribution in [3.8, 4) is 0 Å². The molecule has 1 aromatic rings. The number of carbonyl (C=O) groups is 1. The summed E-state index contributed by atoms with van der Waals surface area (Å²) in [6, 6.07) is 0. The molecule has 14 heavy (non-hydrogen) atoms. The highest BCUT2D eigenvalue weighted by atomic mass is 127. The lowest BCUT2D eigenvalue weighted by molar-refractivity contribution is 0.0682. The molecular weight excluding hydrogens is 375 g/mol. The zero-order chi connectivity index (χ0) is 10.9. The Morgan fingerprint density at radius 2 is 2.21 bits per heavy atom. The number of hydrogen-bond donors (Lipinski definition) is 1. The van der Waals surface area contributed by atoms with E-state index in [0.717, 1.165) is 0 Å². The van der Waals surface area contributed by atoms with E-state index >= 15 is 0 Å². The molecule has 3 nitrogen and oxygen atoms in total. The molecule has 0 aliphatic carbocycles. The van der Waals surface area contributed by atoms with Crippen molar-refractivity contribution in [3.05, 3.63) is 25.5 Å². The van der Waals surface area contributed by atoms with Gasteiger partial charge in [0.25, 0.3) is 6.43 Å². The fourth-order valence-corrected chi connectivity index (χ4v) is 2.03. The van der Waals surface area contributed by atoms with E-state index in [2.05, 4.69) is 20.9 Å². The molecule has 1 N–H and O–H groups in total. The maximum absolute atomic E-state index is 12.5. The third-order valence-electron chi connectivity index (χ3n) is 1.45. The molecule has 0 spiro atoms. The minimum Gasteiger partial charge on any atom is -0.478 e. The normalized spacial score (nSPS) is 10.6. The van der Waals surface area contributed by atoms with Crippen molar-refractivity contribution in [3.63, 3.8) is 0 Å². The van der Waals surface area contributed by atoms with Gasteiger partial charge in [0.1, 0.15) is 3.70 Å². The Kier molecular flexibility index (Phi) is 3.76. The van der Waals surface area contributed by atoms with Crippen LogP contribution < -0.4 is 0 Å². The van der Waals surface area contributed by atoms with Gasteiger partial charge in [0.15, 0.2) is 0 Å². The Morgan fingerprint density at radius 3 is 2.57 bits per heavy atom. The maximum atomic E-state index is 12.5. The Labute approximate surface area is 99.8 Å². The van der Waals surface area contributed by atoms with Crippen LogP contribution in [-0.2, 0) is 0 Å². The summed E-state index contributed by atoms with van der Waals surface area (Å²) in [6.07, 6.45) is -1.66. The number of alkyl halides is 2. The van der Waals surface area contributed by atoms with Crippen LogP contribution >= 0.6 is 38.5 Å². The third-order valence-corrected chi connectivity index (χ3v) is 2.91. The van der Waals surface area contributed by atoms with Crippen LogP contribution in [-0.4, -0.2) is 16.1 Å². The van der Waals surface area contributed by atoms with Crippen LogP contribution in [0, 0.1) is 3.70 Å². The molecule has 0 bridgehead atoms. The molecule has 0 radical (unpaired) electrons. The van der Waals surface area contributed by atoms with Crippen molar-refractivity contribution >= 4 is 44.5 Å². The van der Waals surface area contributed by atoms with Gasteiger partial charge < -0.3 is 5.11 Å². The minimum atomic E-state index is -2.85. The second-order valence-corrected chi connectivity index (χ2v) is 4.17. The van der Waals surface area contributed by atoms with Gasteiger partial charge in [0.2, 0.25) is 0 Å². The second kappa shape index (κ2) is 4.47. The van der Waals surface area contributed by atoms with Crippen LogP contribution in [0.1, 0.15) is 22.3 Å². The largest absolute Gasteiger partial charge is 0.478 e. The summed E-state index contributed by atoms with van der Waals surface area (Å²) in [7, 11) is 0. The van der Waals surface area contributed by atoms with Crippen LogP contribution in [0.2, 0.25) is 0 Å². The molecule has 7 heteroatoms. The number of aromatic carboxylic acids is 1. The molecule has 1 aromatic heterocycles. The van der Waals surface area contributed by atoms with Crippen molar-refractivity contribution in [1.82, 2.24) is 4.98 Å². The number of nitrogens with zero attached hydrogens (tertiary/aromatic N) is 1. The lowest BCUT2D eigenvalue weighted by Gasteiger charge is -2.08. The van der Waals surface area contributed by atoms with Gasteiger partial charge in [-0.3, -0.25) is 0 Å². The van der Waals surface area contributed by atoms with E-state index in [1.54, 1.807) is 22.6 Å². The Balaban J connectivity index is 3.50. The summed E-state index contributed by atoms with van der Waals surface area (Å²) in [5.41, 5.74) is -0.980. The highest BCUT2D eigenvalue weighted by Crippen LogP contribution is 2.31. The fraction of sp³-hybridized carbons (Fsp3) is 0.143. The van der Waals surface area contributed by atoms with E-state index in [9.17, 15) is 13.6 Å². The molecule has 76 valence electrons. The average Bonchev–Trinajstić information content (AvgIpc) is 2.07. The van der Waals surface area contributed by atoms with Crippen LogP contribution in [0.4, 0.5) is 8.78 Å². The Bertz CT molecular complexity index is 386. The molecular formula is C7H3BrF2INO2. The van der Waals surface area contributed by atoms with Crippen LogP contribution in [0.3, 0.4) is 0 Å². The van der Waals surface area contributed by atoms with Crippen LogP contribution in [0.5, 0.6) is 0 Å². The van der Waals surface area contributed by atoms with Gasteiger partial charge in [-0.2, -0.15) is 0 Å². The van der Waals surface area contributed by atoms with E-state index in [1.165, 1.54) is 6.20 Å². The minimum absolute atomic E-state index is 0.00167. The summed E-state index contributed by atoms with van der Waals surface area (Å²) in [4.78, 5) is 14.3. The average molecular weight is 378 g/mol. The van der Waals surface area contributed by atoms with Gasteiger partial charge in [-0.25, -0.2) is 18.6 Å². The quantitative estimate of drug-likeness (QED) is 0.636. The predicted molar refractivity (Wildman–Crippen MR) is 56.6 cm³/mol. The molecule has 0 aliphatic rings. The van der Waals surface area contributed by atoms with Gasteiger partial charge in [-0.1, -0.05) is 0 Å². The van der Waals surface area contributed by atoms with Crippen molar-refractivity contribution in [2.75, 3.05) is 0 Å². The predicted octanol–water partition coefficient (Wildman–Crippen LogP) is 3.08. The van der Waals surface area contributed by atoms with Crippen molar-refractivity contribution in [2.45, 2.75) is 6.43 Å². The molecule has 0 aliphatic heterocycles. The summed E-state index contributed by atoms with van der Waals surface area (Å²) in [5.74, 6) is -1.40. The first-order valence-corrected chi connectivity index (χ1v) is 5.17. The summed E-state index contributed by atoms with van der Waals surface area (Å²) in [5, 5.41) is 8.73. The Hall–Kier alpha value is -0.310. The molecule has 0 fully saturated rings. The van der Waals surface area contributed by atoms with Crippen LogP contribution in [0.25, 0.3) is 0 Å². The first-order valence-electron chi connectivity index (χ1n) is 3.30. The van der Waals surface area contributed by atoms with Gasteiger partial charge in [-0.15, -0.1) is 0 Å². The number of rotatable bonds is 2. The SMILES string of the molecule is O=C(O)c1c(Br)cnc(I)c1C(F)F. The summed E-state index contributed by atoms with van der Waals surface area (Å²) in [6.45, 7) is 0. The maximum Gasteiger partial charge on any atom is 0.337 e. The second-order valence-electron chi connectivity index (χ2n) is 2.29. The zero-order valence-electron chi connectivity index (χ0n) is 6.47. The molecule has 0 atom stereocenters. The first kappa shape index (κ1) is 11.8. The summed E-state index contributed by atoms with van der Waals surface area (Å²) < 4.78 is 25.1. The van der Waals surface area contributed by atoms with Gasteiger partial charge in [0, 0.05) is 6.20 Å². The lowest BCUT2D eigenvalue weighted by Crippen LogP contribution is -2.07. The van der Waals surface area contributed by atoms with E-state index in [4.69, 9.17) is 5.11 Å². The number of hydrogen-bond acceptors (Lipinski definition) is 2. The lowest BCUT2D eigenvalue weighted by atomic mass is 10.1. The Morgan fingerprint density at radius 1 is 1.64 bits per heavy atom. The highest BCUT2D eigenvalue weighted by molar-refractivity contribution is 14.1. The standard InChI is InChI=1S/C7H3BrF2INO2/c8-2-1-12-6(11)4(5(9)10)3(2)7(13)14/h1,5H,(H,13,14). The fourth-order valence-electron chi connectivity index (χ4n) is 0.896. The molecule has 0 unspecified atom stereocenters. The number of carboxylic acid groups (broad SMARTS) is 1. The molecule has 0 amide bonds. The van der Waals surface area contributed by atoms with Gasteiger partial charge >= 0.3 is 5.97 Å². The third kappa shape index (κ3) is 2.19. The van der Waals surface area contributed by atoms with Crippen molar-refractivity contribution in [1.29, 1.82) is 0 Å². The number of pyridine rings is 1. The molecule has 0 saturated carbocycles. The van der Waals surface area contributed by atoms with Crippen molar-refractivity contribution < 1.29 is 18.7 Å². The van der Waals surface area contributed by atoms with E-state index < -0.39 is 23.5 Å². The smallest absolute Gasteiger partial charge is 0.337 e. The van der Waals surface area contributed by atoms with Gasteiger partial charge in [0.05, 0.1) is 15.6 Å². The number of aromatic nitrogens is 1. The molecule has 1 rings (SSSR count). The molecule has 0 saturated heterocycles. The van der Waals surface area contributed by atoms with Gasteiger partial charge in [-0.05, 0) is 38.5 Å². The zero-order valence-corrected chi connectivity index (χ0v) is 10.2. The number of halogens is 4. The first-order chi connectivity index (χ1) is 6.45. The van der Waals surface area contributed by atoms with Crippen LogP contribution in [0.15, 0.2) is 10.7 Å². The van der Waals surface area contributed by atoms with E-state index in [0.29, 0.717) is 0 Å². The summed E-state index contributed by atoms with van der Waals surface area (Å²) >= 11 is 4.45. The highest BCUT2D eigenvalue weighted by Gasteiger charge is 2.24. The topological polar surface area (TPSA) is 50.2 Å². The number of carboxylic acids is 1. The monoisotopic (exact) mass is 377 g/mol. The molecule has 1 heterocycles. The van der Waals surface area contributed by atoms with E-state index in [1.807, 2.05) is 0 Å². The van der Waals surface area contributed by atoms with E-state index in [-0.39, 0.29) is 8.17 Å². The van der Waals surface area contributed by atoms with Crippen molar-refractivity contribution in [2.24, 2.45) is 0 Å². The molecule has 0 aromatic carbocycles.